The molecular formula is C18H19N3O3S. The van der Waals surface area contributed by atoms with Gasteiger partial charge in [0.1, 0.15) is 0 Å². The van der Waals surface area contributed by atoms with E-state index in [9.17, 15) is 9.59 Å². The summed E-state index contributed by atoms with van der Waals surface area (Å²) in [6.45, 7) is 0.910. The number of aromatic nitrogens is 2. The maximum Gasteiger partial charge on any atom is 0.303 e. The molecule has 2 aromatic heterocycles. The van der Waals surface area contributed by atoms with E-state index in [2.05, 4.69) is 4.98 Å². The van der Waals surface area contributed by atoms with Crippen LogP contribution in [0.5, 0.6) is 0 Å². The zero-order valence-corrected chi connectivity index (χ0v) is 14.5. The fraction of sp³-hybridized carbons (Fsp3) is 0.278. The van der Waals surface area contributed by atoms with Gasteiger partial charge in [0.15, 0.2) is 4.96 Å². The molecule has 0 unspecified atom stereocenters. The van der Waals surface area contributed by atoms with Crippen LogP contribution < -0.4 is 0 Å². The molecule has 0 aliphatic carbocycles. The van der Waals surface area contributed by atoms with Gasteiger partial charge in [0.05, 0.1) is 6.42 Å². The lowest BCUT2D eigenvalue weighted by Gasteiger charge is -2.22. The summed E-state index contributed by atoms with van der Waals surface area (Å²) in [5, 5.41) is 10.8. The molecule has 1 aromatic carbocycles. The molecule has 0 radical (unpaired) electrons. The minimum absolute atomic E-state index is 0.0114. The molecule has 0 aliphatic heterocycles. The molecule has 0 aliphatic rings. The van der Waals surface area contributed by atoms with Crippen LogP contribution in [0.25, 0.3) is 4.96 Å². The first-order chi connectivity index (χ1) is 12.1. The van der Waals surface area contributed by atoms with Gasteiger partial charge in [-0.25, -0.2) is 4.98 Å². The highest BCUT2D eigenvalue weighted by molar-refractivity contribution is 7.15. The highest BCUT2D eigenvalue weighted by atomic mass is 32.1. The molecule has 3 rings (SSSR count). The van der Waals surface area contributed by atoms with E-state index in [1.54, 1.807) is 11.1 Å². The quantitative estimate of drug-likeness (QED) is 0.673. The Bertz CT molecular complexity index is 857. The summed E-state index contributed by atoms with van der Waals surface area (Å²) < 4.78 is 1.92. The first kappa shape index (κ1) is 17.2. The molecule has 3 aromatic rings. The third kappa shape index (κ3) is 4.45. The van der Waals surface area contributed by atoms with Gasteiger partial charge >= 0.3 is 5.97 Å². The van der Waals surface area contributed by atoms with Crippen molar-refractivity contribution >= 4 is 28.2 Å². The largest absolute Gasteiger partial charge is 0.481 e. The van der Waals surface area contributed by atoms with Crippen LogP contribution in [0.15, 0.2) is 48.1 Å². The Morgan fingerprint density at radius 1 is 1.24 bits per heavy atom. The Morgan fingerprint density at radius 3 is 2.80 bits per heavy atom. The molecular weight excluding hydrogens is 338 g/mol. The lowest BCUT2D eigenvalue weighted by molar-refractivity contribution is -0.138. The Balaban J connectivity index is 1.71. The summed E-state index contributed by atoms with van der Waals surface area (Å²) in [6, 6.07) is 9.74. The van der Waals surface area contributed by atoms with Gasteiger partial charge in [0, 0.05) is 43.0 Å². The number of rotatable bonds is 8. The van der Waals surface area contributed by atoms with Crippen molar-refractivity contribution in [1.82, 2.24) is 14.3 Å². The normalized spacial score (nSPS) is 10.9. The van der Waals surface area contributed by atoms with E-state index in [4.69, 9.17) is 5.11 Å². The minimum Gasteiger partial charge on any atom is -0.481 e. The number of amides is 1. The lowest BCUT2D eigenvalue weighted by atomic mass is 10.2. The molecule has 130 valence electrons. The van der Waals surface area contributed by atoms with Crippen molar-refractivity contribution in [2.45, 2.75) is 25.8 Å². The molecule has 25 heavy (non-hydrogen) atoms. The van der Waals surface area contributed by atoms with E-state index in [0.717, 1.165) is 16.2 Å². The Kier molecular flexibility index (Phi) is 5.45. The zero-order chi connectivity index (χ0) is 17.6. The SMILES string of the molecule is O=C(O)CCCN(Cc1ccccc1)C(=O)Cc1csc2nccn12. The number of aliphatic carboxylic acids is 1. The highest BCUT2D eigenvalue weighted by Gasteiger charge is 2.17. The second-order valence-corrected chi connectivity index (χ2v) is 6.62. The van der Waals surface area contributed by atoms with Crippen molar-refractivity contribution < 1.29 is 14.7 Å². The Hall–Kier alpha value is -2.67. The summed E-state index contributed by atoms with van der Waals surface area (Å²) in [5.41, 5.74) is 1.93. The van der Waals surface area contributed by atoms with Crippen LogP contribution >= 0.6 is 11.3 Å². The zero-order valence-electron chi connectivity index (χ0n) is 13.7. The highest BCUT2D eigenvalue weighted by Crippen LogP contribution is 2.16. The van der Waals surface area contributed by atoms with Crippen LogP contribution in [0.3, 0.4) is 0 Å². The number of carboxylic acids is 1. The molecule has 1 amide bonds. The van der Waals surface area contributed by atoms with Crippen molar-refractivity contribution in [2.75, 3.05) is 6.54 Å². The van der Waals surface area contributed by atoms with Gasteiger partial charge < -0.3 is 10.0 Å². The molecule has 2 heterocycles. The third-order valence-electron chi connectivity index (χ3n) is 3.94. The number of carbonyl (C=O) groups is 2. The van der Waals surface area contributed by atoms with Gasteiger partial charge in [-0.2, -0.15) is 0 Å². The fourth-order valence-corrected chi connectivity index (χ4v) is 3.54. The second-order valence-electron chi connectivity index (χ2n) is 5.78. The molecule has 6 nitrogen and oxygen atoms in total. The van der Waals surface area contributed by atoms with Gasteiger partial charge in [-0.3, -0.25) is 14.0 Å². The van der Waals surface area contributed by atoms with Crippen molar-refractivity contribution in [1.29, 1.82) is 0 Å². The van der Waals surface area contributed by atoms with E-state index in [0.29, 0.717) is 19.5 Å². The average molecular weight is 357 g/mol. The first-order valence-electron chi connectivity index (χ1n) is 8.06. The number of carbonyl (C=O) groups excluding carboxylic acids is 1. The first-order valence-corrected chi connectivity index (χ1v) is 8.94. The van der Waals surface area contributed by atoms with E-state index in [-0.39, 0.29) is 18.7 Å². The number of hydrogen-bond donors (Lipinski definition) is 1. The fourth-order valence-electron chi connectivity index (χ4n) is 2.68. The minimum atomic E-state index is -0.843. The van der Waals surface area contributed by atoms with Crippen LogP contribution in [-0.4, -0.2) is 37.8 Å². The summed E-state index contributed by atoms with van der Waals surface area (Å²) in [7, 11) is 0. The van der Waals surface area contributed by atoms with Crippen molar-refractivity contribution in [3.63, 3.8) is 0 Å². The molecule has 0 atom stereocenters. The maximum atomic E-state index is 12.8. The van der Waals surface area contributed by atoms with E-state index >= 15 is 0 Å². The van der Waals surface area contributed by atoms with Gasteiger partial charge in [-0.1, -0.05) is 30.3 Å². The van der Waals surface area contributed by atoms with Gasteiger partial charge in [0.2, 0.25) is 5.91 Å². The van der Waals surface area contributed by atoms with Crippen LogP contribution in [0, 0.1) is 0 Å². The van der Waals surface area contributed by atoms with E-state index < -0.39 is 5.97 Å². The van der Waals surface area contributed by atoms with Crippen LogP contribution in [0.2, 0.25) is 0 Å². The van der Waals surface area contributed by atoms with Crippen molar-refractivity contribution in [2.24, 2.45) is 0 Å². The third-order valence-corrected chi connectivity index (χ3v) is 4.84. The summed E-state index contributed by atoms with van der Waals surface area (Å²) >= 11 is 1.50. The van der Waals surface area contributed by atoms with Crippen LogP contribution in [0.1, 0.15) is 24.1 Å². The number of carboxylic acid groups (broad SMARTS) is 1. The molecule has 0 saturated carbocycles. The van der Waals surface area contributed by atoms with Crippen LogP contribution in [-0.2, 0) is 22.6 Å². The summed E-state index contributed by atoms with van der Waals surface area (Å²) in [4.78, 5) is 30.4. The molecule has 7 heteroatoms. The van der Waals surface area contributed by atoms with Gasteiger partial charge in [-0.15, -0.1) is 11.3 Å². The van der Waals surface area contributed by atoms with Crippen LogP contribution in [0.4, 0.5) is 0 Å². The second kappa shape index (κ2) is 7.94. The van der Waals surface area contributed by atoms with E-state index in [1.807, 2.05) is 46.3 Å². The molecule has 0 spiro atoms. The maximum absolute atomic E-state index is 12.8. The van der Waals surface area contributed by atoms with Crippen molar-refractivity contribution in [3.05, 3.63) is 59.4 Å². The molecule has 0 saturated heterocycles. The smallest absolute Gasteiger partial charge is 0.303 e. The summed E-state index contributed by atoms with van der Waals surface area (Å²) in [6.07, 6.45) is 4.34. The van der Waals surface area contributed by atoms with Gasteiger partial charge in [-0.05, 0) is 12.0 Å². The number of nitrogens with zero attached hydrogens (tertiary/aromatic N) is 3. The topological polar surface area (TPSA) is 74.9 Å². The van der Waals surface area contributed by atoms with Crippen molar-refractivity contribution in [3.8, 4) is 0 Å². The number of benzene rings is 1. The Labute approximate surface area is 149 Å². The molecule has 1 N–H and O–H groups in total. The molecule has 0 bridgehead atoms. The monoisotopic (exact) mass is 357 g/mol. The number of hydrogen-bond acceptors (Lipinski definition) is 4. The summed E-state index contributed by atoms with van der Waals surface area (Å²) in [5.74, 6) is -0.854. The number of thiazole rings is 1. The predicted octanol–water partition coefficient (Wildman–Crippen LogP) is 2.83. The number of fused-ring (bicyclic) bond motifs is 1. The van der Waals surface area contributed by atoms with E-state index in [1.165, 1.54) is 11.3 Å². The standard InChI is InChI=1S/C18H19N3O3S/c22-16(11-15-13-25-18-19-8-10-21(15)18)20(9-4-7-17(23)24)12-14-5-2-1-3-6-14/h1-3,5-6,8,10,13H,4,7,9,11-12H2,(H,23,24). The van der Waals surface area contributed by atoms with Gasteiger partial charge in [0.25, 0.3) is 0 Å². The lowest BCUT2D eigenvalue weighted by Crippen LogP contribution is -2.33. The number of imidazole rings is 1. The predicted molar refractivity (Wildman–Crippen MR) is 95.5 cm³/mol. The average Bonchev–Trinajstić information content (AvgIpc) is 3.19. The Morgan fingerprint density at radius 2 is 2.04 bits per heavy atom. The molecule has 0 fully saturated rings.